The number of nitrogens with two attached hydrogens (primary N) is 1. The summed E-state index contributed by atoms with van der Waals surface area (Å²) < 4.78 is 0. The first-order valence-electron chi connectivity index (χ1n) is 5.29. The van der Waals surface area contributed by atoms with Crippen molar-refractivity contribution < 1.29 is 4.79 Å². The summed E-state index contributed by atoms with van der Waals surface area (Å²) in [5.41, 5.74) is 5.74. The Kier molecular flexibility index (Phi) is 3.21. The highest BCUT2D eigenvalue weighted by atomic mass is 16.1. The van der Waals surface area contributed by atoms with Crippen LogP contribution in [0, 0.1) is 0 Å². The van der Waals surface area contributed by atoms with E-state index < -0.39 is 0 Å². The molecular formula is C11H21N3O. The van der Waals surface area contributed by atoms with Crippen LogP contribution in [0.15, 0.2) is 11.6 Å². The fraction of sp³-hybridized carbons (Fsp3) is 0.727. The van der Waals surface area contributed by atoms with Crippen molar-refractivity contribution in [1.82, 2.24) is 10.6 Å². The maximum atomic E-state index is 11.8. The van der Waals surface area contributed by atoms with Gasteiger partial charge in [-0.3, -0.25) is 10.1 Å². The van der Waals surface area contributed by atoms with Crippen LogP contribution in [0.3, 0.4) is 0 Å². The first-order chi connectivity index (χ1) is 6.78. The van der Waals surface area contributed by atoms with Gasteiger partial charge in [0, 0.05) is 29.7 Å². The van der Waals surface area contributed by atoms with Crippen molar-refractivity contribution in [2.75, 3.05) is 13.1 Å². The SMILES string of the molecule is CC1(C)C=C(C(=O)NCCN)C(C)(C)N1. The molecule has 4 heteroatoms. The van der Waals surface area contributed by atoms with Crippen LogP contribution in [-0.4, -0.2) is 30.1 Å². The summed E-state index contributed by atoms with van der Waals surface area (Å²) in [5, 5.41) is 6.19. The molecule has 4 nitrogen and oxygen atoms in total. The average molecular weight is 211 g/mol. The van der Waals surface area contributed by atoms with E-state index in [4.69, 9.17) is 5.73 Å². The van der Waals surface area contributed by atoms with E-state index in [0.29, 0.717) is 13.1 Å². The molecule has 1 aliphatic rings. The molecule has 1 aliphatic heterocycles. The predicted molar refractivity (Wildman–Crippen MR) is 61.4 cm³/mol. The highest BCUT2D eigenvalue weighted by molar-refractivity contribution is 5.96. The third-order valence-corrected chi connectivity index (χ3v) is 2.49. The molecule has 1 rings (SSSR count). The second-order valence-corrected chi connectivity index (χ2v) is 5.07. The molecule has 0 aromatic rings. The van der Waals surface area contributed by atoms with Gasteiger partial charge in [0.25, 0.3) is 0 Å². The third kappa shape index (κ3) is 2.79. The fourth-order valence-corrected chi connectivity index (χ4v) is 2.08. The number of hydrogen-bond acceptors (Lipinski definition) is 3. The molecule has 0 fully saturated rings. The Morgan fingerprint density at radius 1 is 1.47 bits per heavy atom. The lowest BCUT2D eigenvalue weighted by Gasteiger charge is -2.27. The van der Waals surface area contributed by atoms with Crippen molar-refractivity contribution in [3.63, 3.8) is 0 Å². The van der Waals surface area contributed by atoms with Crippen LogP contribution in [-0.2, 0) is 4.79 Å². The Bertz CT molecular complexity index is 292. The Morgan fingerprint density at radius 2 is 2.07 bits per heavy atom. The summed E-state index contributed by atoms with van der Waals surface area (Å²) in [6.45, 7) is 9.12. The first-order valence-corrected chi connectivity index (χ1v) is 5.29. The topological polar surface area (TPSA) is 67.2 Å². The van der Waals surface area contributed by atoms with Crippen LogP contribution in [0.4, 0.5) is 0 Å². The van der Waals surface area contributed by atoms with E-state index in [2.05, 4.69) is 24.5 Å². The zero-order valence-corrected chi connectivity index (χ0v) is 9.98. The molecule has 1 heterocycles. The Hall–Kier alpha value is -0.870. The lowest BCUT2D eigenvalue weighted by atomic mass is 9.96. The van der Waals surface area contributed by atoms with E-state index in [0.717, 1.165) is 5.57 Å². The minimum absolute atomic E-state index is 0.0245. The molecule has 0 saturated heterocycles. The number of nitrogens with one attached hydrogen (secondary N) is 2. The normalized spacial score (nSPS) is 22.3. The van der Waals surface area contributed by atoms with Crippen molar-refractivity contribution in [2.24, 2.45) is 5.73 Å². The van der Waals surface area contributed by atoms with Crippen molar-refractivity contribution >= 4 is 5.91 Å². The largest absolute Gasteiger partial charge is 0.351 e. The maximum absolute atomic E-state index is 11.8. The second-order valence-electron chi connectivity index (χ2n) is 5.07. The van der Waals surface area contributed by atoms with Gasteiger partial charge < -0.3 is 11.1 Å². The Labute approximate surface area is 91.3 Å². The van der Waals surface area contributed by atoms with Gasteiger partial charge in [0.2, 0.25) is 5.91 Å². The number of hydrogen-bond donors (Lipinski definition) is 3. The molecule has 0 saturated carbocycles. The van der Waals surface area contributed by atoms with E-state index in [1.807, 2.05) is 19.9 Å². The van der Waals surface area contributed by atoms with Crippen molar-refractivity contribution in [2.45, 2.75) is 38.8 Å². The van der Waals surface area contributed by atoms with E-state index in [1.165, 1.54) is 0 Å². The van der Waals surface area contributed by atoms with Crippen LogP contribution in [0.2, 0.25) is 0 Å². The summed E-state index contributed by atoms with van der Waals surface area (Å²) >= 11 is 0. The quantitative estimate of drug-likeness (QED) is 0.622. The maximum Gasteiger partial charge on any atom is 0.248 e. The van der Waals surface area contributed by atoms with E-state index in [1.54, 1.807) is 0 Å². The molecule has 0 radical (unpaired) electrons. The van der Waals surface area contributed by atoms with Crippen molar-refractivity contribution in [1.29, 1.82) is 0 Å². The summed E-state index contributed by atoms with van der Waals surface area (Å²) in [6.07, 6.45) is 1.98. The second kappa shape index (κ2) is 3.94. The standard InChI is InChI=1S/C11H21N3O/c1-10(2)7-8(11(3,4)14-10)9(15)13-6-5-12/h7,14H,5-6,12H2,1-4H3,(H,13,15). The van der Waals surface area contributed by atoms with Gasteiger partial charge in [0.15, 0.2) is 0 Å². The molecule has 15 heavy (non-hydrogen) atoms. The van der Waals surface area contributed by atoms with E-state index >= 15 is 0 Å². The van der Waals surface area contributed by atoms with Gasteiger partial charge in [-0.15, -0.1) is 0 Å². The minimum Gasteiger partial charge on any atom is -0.351 e. The lowest BCUT2D eigenvalue weighted by molar-refractivity contribution is -0.117. The van der Waals surface area contributed by atoms with Crippen LogP contribution < -0.4 is 16.4 Å². The predicted octanol–water partition coefficient (Wildman–Crippen LogP) is 0.148. The summed E-state index contributed by atoms with van der Waals surface area (Å²) in [5.74, 6) is -0.0245. The summed E-state index contributed by atoms with van der Waals surface area (Å²) in [7, 11) is 0. The van der Waals surface area contributed by atoms with Gasteiger partial charge in [-0.05, 0) is 27.7 Å². The zero-order valence-electron chi connectivity index (χ0n) is 9.98. The van der Waals surface area contributed by atoms with Crippen LogP contribution in [0.5, 0.6) is 0 Å². The van der Waals surface area contributed by atoms with Gasteiger partial charge >= 0.3 is 0 Å². The third-order valence-electron chi connectivity index (χ3n) is 2.49. The zero-order chi connectivity index (χ0) is 11.7. The Balaban J connectivity index is 2.79. The van der Waals surface area contributed by atoms with Gasteiger partial charge in [0.05, 0.1) is 0 Å². The first kappa shape index (κ1) is 12.2. The molecule has 0 aromatic heterocycles. The van der Waals surface area contributed by atoms with Crippen LogP contribution in [0.1, 0.15) is 27.7 Å². The molecule has 0 bridgehead atoms. The minimum atomic E-state index is -0.276. The smallest absolute Gasteiger partial charge is 0.248 e. The average Bonchev–Trinajstić information content (AvgIpc) is 2.30. The molecule has 0 atom stereocenters. The number of carbonyl (C=O) groups is 1. The number of amides is 1. The number of carbonyl (C=O) groups excluding carboxylic acids is 1. The van der Waals surface area contributed by atoms with Crippen LogP contribution in [0.25, 0.3) is 0 Å². The monoisotopic (exact) mass is 211 g/mol. The van der Waals surface area contributed by atoms with Gasteiger partial charge in [-0.2, -0.15) is 0 Å². The molecule has 1 amide bonds. The molecule has 0 aromatic carbocycles. The lowest BCUT2D eigenvalue weighted by Crippen LogP contribution is -2.48. The van der Waals surface area contributed by atoms with Crippen molar-refractivity contribution in [3.8, 4) is 0 Å². The summed E-state index contributed by atoms with van der Waals surface area (Å²) in [6, 6.07) is 0. The molecule has 4 N–H and O–H groups in total. The van der Waals surface area contributed by atoms with Gasteiger partial charge in [-0.25, -0.2) is 0 Å². The summed E-state index contributed by atoms with van der Waals surface area (Å²) in [4.78, 5) is 11.8. The van der Waals surface area contributed by atoms with Gasteiger partial charge in [-0.1, -0.05) is 6.08 Å². The highest BCUT2D eigenvalue weighted by Gasteiger charge is 2.39. The molecule has 0 unspecified atom stereocenters. The van der Waals surface area contributed by atoms with Crippen LogP contribution >= 0.6 is 0 Å². The van der Waals surface area contributed by atoms with E-state index in [-0.39, 0.29) is 17.0 Å². The Morgan fingerprint density at radius 3 is 2.47 bits per heavy atom. The van der Waals surface area contributed by atoms with Crippen molar-refractivity contribution in [3.05, 3.63) is 11.6 Å². The molecular weight excluding hydrogens is 190 g/mol. The fourth-order valence-electron chi connectivity index (χ4n) is 2.08. The molecule has 0 spiro atoms. The molecule has 86 valence electrons. The highest BCUT2D eigenvalue weighted by Crippen LogP contribution is 2.29. The van der Waals surface area contributed by atoms with E-state index in [9.17, 15) is 4.79 Å². The van der Waals surface area contributed by atoms with Gasteiger partial charge in [0.1, 0.15) is 0 Å². The molecule has 0 aliphatic carbocycles. The number of rotatable bonds is 3.